The standard InChI is InChI=1S/C20H22F5N5O/c21-19(22)7-9-30(12-19)17-16(20(23,24)25)10-26-18(28-17)27-13-3-5-14(6-4-13)29-8-1-2-15(31)11-29/h3-6,10,15,31H,1-2,7-9,11-12H2,(H,26,27,28)/t15-/m0/s1. The van der Waals surface area contributed by atoms with Crippen LogP contribution in [0.2, 0.25) is 0 Å². The number of benzene rings is 1. The Morgan fingerprint density at radius 2 is 1.84 bits per heavy atom. The molecular weight excluding hydrogens is 421 g/mol. The summed E-state index contributed by atoms with van der Waals surface area (Å²) in [5, 5.41) is 12.7. The van der Waals surface area contributed by atoms with Crippen LogP contribution in [0.3, 0.4) is 0 Å². The van der Waals surface area contributed by atoms with Crippen molar-refractivity contribution < 1.29 is 27.1 Å². The van der Waals surface area contributed by atoms with Gasteiger partial charge in [0.1, 0.15) is 11.4 Å². The molecule has 2 aromatic rings. The van der Waals surface area contributed by atoms with Crippen LogP contribution in [0, 0.1) is 0 Å². The van der Waals surface area contributed by atoms with Crippen molar-refractivity contribution in [3.8, 4) is 0 Å². The van der Waals surface area contributed by atoms with Gasteiger partial charge in [-0.15, -0.1) is 0 Å². The average Bonchev–Trinajstić information content (AvgIpc) is 3.07. The maximum Gasteiger partial charge on any atom is 0.421 e. The molecule has 2 fully saturated rings. The second-order valence-corrected chi connectivity index (χ2v) is 7.87. The van der Waals surface area contributed by atoms with E-state index in [0.29, 0.717) is 18.4 Å². The van der Waals surface area contributed by atoms with Gasteiger partial charge in [-0.2, -0.15) is 18.2 Å². The lowest BCUT2D eigenvalue weighted by atomic mass is 10.1. The Morgan fingerprint density at radius 3 is 2.45 bits per heavy atom. The summed E-state index contributed by atoms with van der Waals surface area (Å²) in [6.07, 6.45) is -3.38. The number of alkyl halides is 5. The quantitative estimate of drug-likeness (QED) is 0.696. The molecule has 31 heavy (non-hydrogen) atoms. The lowest BCUT2D eigenvalue weighted by Crippen LogP contribution is -2.38. The Hall–Kier alpha value is -2.69. The van der Waals surface area contributed by atoms with E-state index in [4.69, 9.17) is 0 Å². The van der Waals surface area contributed by atoms with E-state index in [1.54, 1.807) is 12.1 Å². The third kappa shape index (κ3) is 4.97. The Kier molecular flexibility index (Phi) is 5.63. The molecule has 0 aliphatic carbocycles. The van der Waals surface area contributed by atoms with E-state index in [2.05, 4.69) is 20.2 Å². The summed E-state index contributed by atoms with van der Waals surface area (Å²) in [5.41, 5.74) is 0.311. The molecule has 0 unspecified atom stereocenters. The second-order valence-electron chi connectivity index (χ2n) is 7.87. The zero-order valence-electron chi connectivity index (χ0n) is 16.5. The fourth-order valence-corrected chi connectivity index (χ4v) is 3.86. The molecular formula is C20H22F5N5O. The second kappa shape index (κ2) is 8.10. The molecule has 2 N–H and O–H groups in total. The Balaban J connectivity index is 1.54. The van der Waals surface area contributed by atoms with Gasteiger partial charge in [-0.1, -0.05) is 0 Å². The summed E-state index contributed by atoms with van der Waals surface area (Å²) < 4.78 is 67.2. The molecule has 0 radical (unpaired) electrons. The largest absolute Gasteiger partial charge is 0.421 e. The van der Waals surface area contributed by atoms with Gasteiger partial charge in [0, 0.05) is 43.6 Å². The summed E-state index contributed by atoms with van der Waals surface area (Å²) in [4.78, 5) is 10.6. The fraction of sp³-hybridized carbons (Fsp3) is 0.500. The van der Waals surface area contributed by atoms with E-state index in [-0.39, 0.29) is 18.6 Å². The molecule has 1 atom stereocenters. The topological polar surface area (TPSA) is 64.5 Å². The van der Waals surface area contributed by atoms with Crippen LogP contribution in [0.4, 0.5) is 45.1 Å². The molecule has 3 heterocycles. The number of aliphatic hydroxyl groups excluding tert-OH is 1. The summed E-state index contributed by atoms with van der Waals surface area (Å²) >= 11 is 0. The number of aliphatic hydroxyl groups is 1. The number of anilines is 4. The lowest BCUT2D eigenvalue weighted by molar-refractivity contribution is -0.137. The van der Waals surface area contributed by atoms with Crippen molar-refractivity contribution in [2.45, 2.75) is 37.5 Å². The van der Waals surface area contributed by atoms with Crippen LogP contribution in [0.15, 0.2) is 30.5 Å². The highest BCUT2D eigenvalue weighted by Crippen LogP contribution is 2.39. The smallest absolute Gasteiger partial charge is 0.391 e. The van der Waals surface area contributed by atoms with Gasteiger partial charge in [0.25, 0.3) is 5.92 Å². The van der Waals surface area contributed by atoms with Gasteiger partial charge in [-0.05, 0) is 37.1 Å². The monoisotopic (exact) mass is 443 g/mol. The number of nitrogens with one attached hydrogen (secondary N) is 1. The summed E-state index contributed by atoms with van der Waals surface area (Å²) in [7, 11) is 0. The Morgan fingerprint density at radius 1 is 1.10 bits per heavy atom. The van der Waals surface area contributed by atoms with Crippen LogP contribution in [0.25, 0.3) is 0 Å². The molecule has 168 valence electrons. The third-order valence-electron chi connectivity index (χ3n) is 5.43. The zero-order valence-corrected chi connectivity index (χ0v) is 16.5. The molecule has 2 aliphatic rings. The number of piperidine rings is 1. The highest BCUT2D eigenvalue weighted by molar-refractivity contribution is 5.61. The van der Waals surface area contributed by atoms with Crippen molar-refractivity contribution in [2.24, 2.45) is 0 Å². The van der Waals surface area contributed by atoms with Crippen LogP contribution in [0.1, 0.15) is 24.8 Å². The van der Waals surface area contributed by atoms with Crippen LogP contribution in [-0.4, -0.2) is 53.3 Å². The predicted octanol–water partition coefficient (Wildman–Crippen LogP) is 4.05. The highest BCUT2D eigenvalue weighted by Gasteiger charge is 2.43. The van der Waals surface area contributed by atoms with Gasteiger partial charge in [-0.3, -0.25) is 0 Å². The minimum atomic E-state index is -4.76. The van der Waals surface area contributed by atoms with Gasteiger partial charge in [0.2, 0.25) is 5.95 Å². The molecule has 1 aromatic carbocycles. The minimum Gasteiger partial charge on any atom is -0.391 e. The first-order valence-corrected chi connectivity index (χ1v) is 9.98. The minimum absolute atomic E-state index is 0.112. The lowest BCUT2D eigenvalue weighted by Gasteiger charge is -2.32. The fourth-order valence-electron chi connectivity index (χ4n) is 3.86. The molecule has 0 amide bonds. The number of hydrogen-bond donors (Lipinski definition) is 2. The first-order valence-electron chi connectivity index (χ1n) is 9.98. The predicted molar refractivity (Wildman–Crippen MR) is 106 cm³/mol. The van der Waals surface area contributed by atoms with Gasteiger partial charge < -0.3 is 20.2 Å². The van der Waals surface area contributed by atoms with E-state index in [1.807, 2.05) is 12.1 Å². The molecule has 6 nitrogen and oxygen atoms in total. The van der Waals surface area contributed by atoms with Gasteiger partial charge >= 0.3 is 6.18 Å². The highest BCUT2D eigenvalue weighted by atomic mass is 19.4. The molecule has 1 aromatic heterocycles. The number of rotatable bonds is 4. The summed E-state index contributed by atoms with van der Waals surface area (Å²) in [6, 6.07) is 7.10. The summed E-state index contributed by atoms with van der Waals surface area (Å²) in [6.45, 7) is 0.333. The van der Waals surface area contributed by atoms with Crippen molar-refractivity contribution in [1.29, 1.82) is 0 Å². The van der Waals surface area contributed by atoms with E-state index in [9.17, 15) is 27.1 Å². The number of β-amino-alcohol motifs (C(OH)–C–C–N with tert-alkyl or cyclic N) is 1. The van der Waals surface area contributed by atoms with E-state index >= 15 is 0 Å². The molecule has 0 saturated carbocycles. The maximum atomic E-state index is 13.6. The number of nitrogens with zero attached hydrogens (tertiary/aromatic N) is 4. The molecule has 11 heteroatoms. The van der Waals surface area contributed by atoms with Gasteiger partial charge in [0.15, 0.2) is 0 Å². The third-order valence-corrected chi connectivity index (χ3v) is 5.43. The van der Waals surface area contributed by atoms with E-state index in [0.717, 1.165) is 30.0 Å². The SMILES string of the molecule is O[C@H]1CCCN(c2ccc(Nc3ncc(C(F)(F)F)c(N4CCC(F)(F)C4)n3)cc2)C1. The van der Waals surface area contributed by atoms with Gasteiger partial charge in [-0.25, -0.2) is 13.8 Å². The molecule has 2 saturated heterocycles. The molecule has 0 spiro atoms. The molecule has 4 rings (SSSR count). The first kappa shape index (κ1) is 21.5. The van der Waals surface area contributed by atoms with Crippen LogP contribution < -0.4 is 15.1 Å². The van der Waals surface area contributed by atoms with Crippen LogP contribution >= 0.6 is 0 Å². The van der Waals surface area contributed by atoms with Gasteiger partial charge in [0.05, 0.1) is 12.6 Å². The van der Waals surface area contributed by atoms with Crippen molar-refractivity contribution >= 4 is 23.1 Å². The van der Waals surface area contributed by atoms with Crippen molar-refractivity contribution in [2.75, 3.05) is 41.3 Å². The number of aromatic nitrogens is 2. The van der Waals surface area contributed by atoms with Crippen molar-refractivity contribution in [1.82, 2.24) is 9.97 Å². The van der Waals surface area contributed by atoms with E-state index in [1.165, 1.54) is 0 Å². The summed E-state index contributed by atoms with van der Waals surface area (Å²) in [5.74, 6) is -3.72. The maximum absolute atomic E-state index is 13.6. The van der Waals surface area contributed by atoms with Crippen LogP contribution in [-0.2, 0) is 6.18 Å². The normalized spacial score (nSPS) is 21.4. The van der Waals surface area contributed by atoms with Crippen LogP contribution in [0.5, 0.6) is 0 Å². The van der Waals surface area contributed by atoms with E-state index < -0.39 is 36.4 Å². The molecule has 2 aliphatic heterocycles. The molecule has 0 bridgehead atoms. The number of halogens is 5. The first-order chi connectivity index (χ1) is 14.6. The Bertz CT molecular complexity index is 921. The number of hydrogen-bond acceptors (Lipinski definition) is 6. The zero-order chi connectivity index (χ0) is 22.2. The Labute approximate surface area is 175 Å². The van der Waals surface area contributed by atoms with Crippen molar-refractivity contribution in [3.05, 3.63) is 36.0 Å². The van der Waals surface area contributed by atoms with Crippen molar-refractivity contribution in [3.63, 3.8) is 0 Å². The average molecular weight is 443 g/mol.